The van der Waals surface area contributed by atoms with E-state index in [1.807, 2.05) is 0 Å². The predicted octanol–water partition coefficient (Wildman–Crippen LogP) is 1.12. The van der Waals surface area contributed by atoms with Gasteiger partial charge in [0.05, 0.1) is 12.2 Å². The molecule has 0 bridgehead atoms. The molecule has 0 aromatic carbocycles. The normalized spacial score (nSPS) is 34.6. The predicted molar refractivity (Wildman–Crippen MR) is 84.0 cm³/mol. The lowest BCUT2D eigenvalue weighted by Gasteiger charge is -2.35. The van der Waals surface area contributed by atoms with Crippen LogP contribution in [0.2, 0.25) is 0 Å². The molecular weight excluding hydrogens is 266 g/mol. The second kappa shape index (κ2) is 8.11. The van der Waals surface area contributed by atoms with Crippen molar-refractivity contribution in [3.63, 3.8) is 0 Å². The summed E-state index contributed by atoms with van der Waals surface area (Å²) in [5.41, 5.74) is 5.94. The Balaban J connectivity index is 1.59. The van der Waals surface area contributed by atoms with Crippen molar-refractivity contribution in [3.8, 4) is 0 Å². The van der Waals surface area contributed by atoms with E-state index in [9.17, 15) is 4.79 Å². The van der Waals surface area contributed by atoms with Crippen molar-refractivity contribution in [2.24, 2.45) is 11.7 Å². The van der Waals surface area contributed by atoms with E-state index in [4.69, 9.17) is 10.5 Å². The Morgan fingerprint density at radius 3 is 2.67 bits per heavy atom. The summed E-state index contributed by atoms with van der Waals surface area (Å²) in [5, 5.41) is 3.08. The summed E-state index contributed by atoms with van der Waals surface area (Å²) >= 11 is 0. The van der Waals surface area contributed by atoms with Crippen LogP contribution < -0.4 is 11.1 Å². The van der Waals surface area contributed by atoms with Gasteiger partial charge in [0, 0.05) is 38.1 Å². The average molecular weight is 297 g/mol. The smallest absolute Gasteiger partial charge is 0.223 e. The van der Waals surface area contributed by atoms with Crippen LogP contribution in [-0.2, 0) is 9.53 Å². The summed E-state index contributed by atoms with van der Waals surface area (Å²) in [6.07, 6.45) is 5.63. The van der Waals surface area contributed by atoms with Crippen LogP contribution in [0.25, 0.3) is 0 Å². The molecule has 4 unspecified atom stereocenters. The molecule has 2 aliphatic rings. The van der Waals surface area contributed by atoms with Crippen LogP contribution in [0.5, 0.6) is 0 Å². The number of rotatable bonds is 5. The van der Waals surface area contributed by atoms with E-state index >= 15 is 0 Å². The van der Waals surface area contributed by atoms with E-state index < -0.39 is 0 Å². The van der Waals surface area contributed by atoms with Gasteiger partial charge in [-0.15, -0.1) is 0 Å². The van der Waals surface area contributed by atoms with Crippen LogP contribution in [-0.4, -0.2) is 55.2 Å². The lowest BCUT2D eigenvalue weighted by Crippen LogP contribution is -2.46. The fourth-order valence-electron chi connectivity index (χ4n) is 3.59. The molecule has 5 nitrogen and oxygen atoms in total. The van der Waals surface area contributed by atoms with Crippen molar-refractivity contribution in [3.05, 3.63) is 0 Å². The molecule has 0 aromatic heterocycles. The first-order valence-electron chi connectivity index (χ1n) is 8.45. The number of nitrogens with two attached hydrogens (primary N) is 1. The van der Waals surface area contributed by atoms with E-state index in [0.717, 1.165) is 58.3 Å². The average Bonchev–Trinajstić information content (AvgIpc) is 2.42. The van der Waals surface area contributed by atoms with Crippen LogP contribution in [0, 0.1) is 5.92 Å². The number of ether oxygens (including phenoxy) is 1. The van der Waals surface area contributed by atoms with Crippen molar-refractivity contribution < 1.29 is 9.53 Å². The number of nitrogens with zero attached hydrogens (tertiary/aromatic N) is 1. The van der Waals surface area contributed by atoms with Gasteiger partial charge in [0.1, 0.15) is 0 Å². The molecule has 0 radical (unpaired) electrons. The molecule has 1 aliphatic carbocycles. The highest BCUT2D eigenvalue weighted by Gasteiger charge is 2.25. The van der Waals surface area contributed by atoms with E-state index in [1.54, 1.807) is 0 Å². The standard InChI is InChI=1S/C16H31N3O2/c1-12-10-19(11-13(2)21-12)8-4-7-18-16(20)14-5-3-6-15(17)9-14/h12-15H,3-11,17H2,1-2H3,(H,18,20). The first kappa shape index (κ1) is 16.7. The number of amides is 1. The number of morpholine rings is 1. The first-order valence-corrected chi connectivity index (χ1v) is 8.45. The van der Waals surface area contributed by atoms with Gasteiger partial charge in [-0.1, -0.05) is 6.42 Å². The Morgan fingerprint density at radius 2 is 2.00 bits per heavy atom. The van der Waals surface area contributed by atoms with Gasteiger partial charge in [-0.05, 0) is 39.5 Å². The molecule has 3 N–H and O–H groups in total. The topological polar surface area (TPSA) is 67.6 Å². The molecule has 1 saturated heterocycles. The molecule has 0 spiro atoms. The van der Waals surface area contributed by atoms with Gasteiger partial charge in [0.2, 0.25) is 5.91 Å². The van der Waals surface area contributed by atoms with Crippen LogP contribution in [0.15, 0.2) is 0 Å². The van der Waals surface area contributed by atoms with Crippen molar-refractivity contribution in [2.45, 2.75) is 64.2 Å². The third kappa shape index (κ3) is 5.57. The van der Waals surface area contributed by atoms with Crippen LogP contribution in [0.1, 0.15) is 46.0 Å². The lowest BCUT2D eigenvalue weighted by molar-refractivity contribution is -0.126. The molecule has 1 aliphatic heterocycles. The second-order valence-corrected chi connectivity index (χ2v) is 6.79. The number of hydrogen-bond acceptors (Lipinski definition) is 4. The van der Waals surface area contributed by atoms with Crippen molar-refractivity contribution >= 4 is 5.91 Å². The maximum atomic E-state index is 12.1. The Hall–Kier alpha value is -0.650. The number of nitrogens with one attached hydrogen (secondary N) is 1. The van der Waals surface area contributed by atoms with Crippen molar-refractivity contribution in [1.29, 1.82) is 0 Å². The van der Waals surface area contributed by atoms with Crippen LogP contribution in [0.4, 0.5) is 0 Å². The Morgan fingerprint density at radius 1 is 1.29 bits per heavy atom. The SMILES string of the molecule is CC1CN(CCCNC(=O)C2CCCC(N)C2)CC(C)O1. The van der Waals surface area contributed by atoms with Crippen molar-refractivity contribution in [2.75, 3.05) is 26.2 Å². The van der Waals surface area contributed by atoms with Gasteiger partial charge in [-0.25, -0.2) is 0 Å². The lowest BCUT2D eigenvalue weighted by atomic mass is 9.85. The zero-order valence-corrected chi connectivity index (χ0v) is 13.5. The van der Waals surface area contributed by atoms with E-state index in [1.165, 1.54) is 0 Å². The molecule has 0 aromatic rings. The molecule has 21 heavy (non-hydrogen) atoms. The largest absolute Gasteiger partial charge is 0.373 e. The molecule has 5 heteroatoms. The van der Waals surface area contributed by atoms with Gasteiger partial charge >= 0.3 is 0 Å². The minimum Gasteiger partial charge on any atom is -0.373 e. The number of carbonyl (C=O) groups is 1. The quantitative estimate of drug-likeness (QED) is 0.746. The Kier molecular flexibility index (Phi) is 6.45. The molecule has 4 atom stereocenters. The van der Waals surface area contributed by atoms with Gasteiger partial charge in [0.15, 0.2) is 0 Å². The van der Waals surface area contributed by atoms with Gasteiger partial charge in [-0.3, -0.25) is 9.69 Å². The monoisotopic (exact) mass is 297 g/mol. The summed E-state index contributed by atoms with van der Waals surface area (Å²) in [6, 6.07) is 0.214. The molecule has 1 amide bonds. The zero-order valence-electron chi connectivity index (χ0n) is 13.5. The Labute approximate surface area is 128 Å². The fourth-order valence-corrected chi connectivity index (χ4v) is 3.59. The molecule has 1 saturated carbocycles. The van der Waals surface area contributed by atoms with E-state index in [-0.39, 0.29) is 17.9 Å². The van der Waals surface area contributed by atoms with Gasteiger partial charge in [-0.2, -0.15) is 0 Å². The maximum Gasteiger partial charge on any atom is 0.223 e. The molecule has 1 heterocycles. The molecule has 2 rings (SSSR count). The van der Waals surface area contributed by atoms with Gasteiger partial charge in [0.25, 0.3) is 0 Å². The minimum atomic E-state index is 0.136. The molecule has 122 valence electrons. The highest BCUT2D eigenvalue weighted by molar-refractivity contribution is 5.78. The summed E-state index contributed by atoms with van der Waals surface area (Å²) in [5.74, 6) is 0.339. The third-order valence-corrected chi connectivity index (χ3v) is 4.53. The minimum absolute atomic E-state index is 0.136. The van der Waals surface area contributed by atoms with Crippen molar-refractivity contribution in [1.82, 2.24) is 10.2 Å². The summed E-state index contributed by atoms with van der Waals surface area (Å²) < 4.78 is 5.73. The number of carbonyl (C=O) groups excluding carboxylic acids is 1. The molecular formula is C16H31N3O2. The molecule has 2 fully saturated rings. The zero-order chi connectivity index (χ0) is 15.2. The first-order chi connectivity index (χ1) is 10.0. The summed E-state index contributed by atoms with van der Waals surface area (Å²) in [4.78, 5) is 14.5. The third-order valence-electron chi connectivity index (χ3n) is 4.53. The van der Waals surface area contributed by atoms with Crippen LogP contribution >= 0.6 is 0 Å². The van der Waals surface area contributed by atoms with Gasteiger partial charge < -0.3 is 15.8 Å². The fraction of sp³-hybridized carbons (Fsp3) is 0.938. The highest BCUT2D eigenvalue weighted by Crippen LogP contribution is 2.23. The van der Waals surface area contributed by atoms with E-state index in [2.05, 4.69) is 24.1 Å². The van der Waals surface area contributed by atoms with E-state index in [0.29, 0.717) is 12.2 Å². The number of hydrogen-bond donors (Lipinski definition) is 2. The summed E-state index contributed by atoms with van der Waals surface area (Å²) in [6.45, 7) is 8.03. The highest BCUT2D eigenvalue weighted by atomic mass is 16.5. The second-order valence-electron chi connectivity index (χ2n) is 6.79. The maximum absolute atomic E-state index is 12.1. The van der Waals surface area contributed by atoms with Crippen LogP contribution in [0.3, 0.4) is 0 Å². The summed E-state index contributed by atoms with van der Waals surface area (Å²) in [7, 11) is 0. The Bertz CT molecular complexity index is 327.